The molecule has 0 bridgehead atoms. The lowest BCUT2D eigenvalue weighted by atomic mass is 10.0. The molecule has 0 aromatic heterocycles. The van der Waals surface area contributed by atoms with E-state index >= 15 is 0 Å². The fraction of sp³-hybridized carbons (Fsp3) is 0.412. The lowest BCUT2D eigenvalue weighted by molar-refractivity contribution is 0.167. The minimum absolute atomic E-state index is 0.412. The van der Waals surface area contributed by atoms with Crippen molar-refractivity contribution in [1.29, 1.82) is 0 Å². The first-order valence-electron chi connectivity index (χ1n) is 6.98. The summed E-state index contributed by atoms with van der Waals surface area (Å²) in [5.74, 6) is 0.573. The molecule has 0 heterocycles. The minimum Gasteiger partial charge on any atom is -0.387 e. The zero-order valence-electron chi connectivity index (χ0n) is 11.9. The molecule has 0 spiro atoms. The van der Waals surface area contributed by atoms with Gasteiger partial charge in [0.2, 0.25) is 0 Å². The molecule has 0 saturated heterocycles. The van der Waals surface area contributed by atoms with Crippen LogP contribution in [0.4, 0.5) is 0 Å². The third-order valence-electron chi connectivity index (χ3n) is 3.79. The summed E-state index contributed by atoms with van der Waals surface area (Å²) in [5, 5.41) is 16.0. The van der Waals surface area contributed by atoms with Gasteiger partial charge < -0.3 is 10.4 Å². The predicted molar refractivity (Wildman–Crippen MR) is 81.2 cm³/mol. The molecule has 0 amide bonds. The third-order valence-corrected chi connectivity index (χ3v) is 3.79. The van der Waals surface area contributed by atoms with Gasteiger partial charge in [-0.1, -0.05) is 50.2 Å². The SMILES string of the molecule is CC(C)C(C)NCC(O)c1ccc2ccccc2c1. The van der Waals surface area contributed by atoms with Crippen molar-refractivity contribution in [2.45, 2.75) is 32.9 Å². The van der Waals surface area contributed by atoms with E-state index < -0.39 is 6.10 Å². The Morgan fingerprint density at radius 1 is 1.00 bits per heavy atom. The normalized spacial score (nSPS) is 14.8. The third kappa shape index (κ3) is 3.55. The standard InChI is InChI=1S/C17H23NO/c1-12(2)13(3)18-11-17(19)16-9-8-14-6-4-5-7-15(14)10-16/h4-10,12-13,17-19H,11H2,1-3H3. The number of hydrogen-bond donors (Lipinski definition) is 2. The molecule has 19 heavy (non-hydrogen) atoms. The number of hydrogen-bond acceptors (Lipinski definition) is 2. The molecule has 102 valence electrons. The van der Waals surface area contributed by atoms with Crippen molar-refractivity contribution in [2.24, 2.45) is 5.92 Å². The second-order valence-electron chi connectivity index (χ2n) is 5.56. The maximum atomic E-state index is 10.2. The topological polar surface area (TPSA) is 32.3 Å². The molecule has 0 aliphatic heterocycles. The van der Waals surface area contributed by atoms with Crippen LogP contribution in [-0.4, -0.2) is 17.7 Å². The van der Waals surface area contributed by atoms with Crippen molar-refractivity contribution in [3.63, 3.8) is 0 Å². The molecule has 2 nitrogen and oxygen atoms in total. The Labute approximate surface area is 115 Å². The highest BCUT2D eigenvalue weighted by atomic mass is 16.3. The van der Waals surface area contributed by atoms with Gasteiger partial charge in [-0.15, -0.1) is 0 Å². The lowest BCUT2D eigenvalue weighted by Crippen LogP contribution is -2.34. The highest BCUT2D eigenvalue weighted by Gasteiger charge is 2.11. The van der Waals surface area contributed by atoms with E-state index in [9.17, 15) is 5.11 Å². The number of rotatable bonds is 5. The average molecular weight is 257 g/mol. The molecule has 0 radical (unpaired) electrons. The first-order chi connectivity index (χ1) is 9.08. The largest absolute Gasteiger partial charge is 0.387 e. The van der Waals surface area contributed by atoms with Gasteiger partial charge in [-0.3, -0.25) is 0 Å². The smallest absolute Gasteiger partial charge is 0.0914 e. The summed E-state index contributed by atoms with van der Waals surface area (Å²) in [6.07, 6.45) is -0.453. The molecule has 2 rings (SSSR count). The monoisotopic (exact) mass is 257 g/mol. The van der Waals surface area contributed by atoms with Crippen LogP contribution < -0.4 is 5.32 Å². The number of aliphatic hydroxyl groups excluding tert-OH is 1. The summed E-state index contributed by atoms with van der Waals surface area (Å²) >= 11 is 0. The van der Waals surface area contributed by atoms with Crippen LogP contribution in [0, 0.1) is 5.92 Å². The molecule has 0 saturated carbocycles. The van der Waals surface area contributed by atoms with Crippen LogP contribution in [0.25, 0.3) is 10.8 Å². The van der Waals surface area contributed by atoms with Gasteiger partial charge in [0.1, 0.15) is 0 Å². The summed E-state index contributed by atoms with van der Waals surface area (Å²) in [7, 11) is 0. The van der Waals surface area contributed by atoms with E-state index in [0.717, 1.165) is 5.56 Å². The van der Waals surface area contributed by atoms with Crippen LogP contribution in [0.1, 0.15) is 32.4 Å². The maximum Gasteiger partial charge on any atom is 0.0914 e. The van der Waals surface area contributed by atoms with E-state index in [1.807, 2.05) is 18.2 Å². The van der Waals surface area contributed by atoms with E-state index in [2.05, 4.69) is 50.4 Å². The first-order valence-corrected chi connectivity index (χ1v) is 6.98. The van der Waals surface area contributed by atoms with Crippen LogP contribution in [0.15, 0.2) is 42.5 Å². The van der Waals surface area contributed by atoms with E-state index in [0.29, 0.717) is 18.5 Å². The van der Waals surface area contributed by atoms with Gasteiger partial charge in [0.25, 0.3) is 0 Å². The second-order valence-corrected chi connectivity index (χ2v) is 5.56. The van der Waals surface area contributed by atoms with E-state index in [4.69, 9.17) is 0 Å². The van der Waals surface area contributed by atoms with Crippen molar-refractivity contribution in [3.8, 4) is 0 Å². The number of nitrogens with one attached hydrogen (secondary N) is 1. The fourth-order valence-corrected chi connectivity index (χ4v) is 2.07. The Morgan fingerprint density at radius 3 is 2.37 bits per heavy atom. The Balaban J connectivity index is 2.06. The Morgan fingerprint density at radius 2 is 1.68 bits per heavy atom. The molecule has 2 aromatic carbocycles. The highest BCUT2D eigenvalue weighted by Crippen LogP contribution is 2.20. The van der Waals surface area contributed by atoms with Crippen LogP contribution in [0.5, 0.6) is 0 Å². The second kappa shape index (κ2) is 6.18. The molecular formula is C17H23NO. The summed E-state index contributed by atoms with van der Waals surface area (Å²) in [4.78, 5) is 0. The maximum absolute atomic E-state index is 10.2. The Hall–Kier alpha value is -1.38. The molecule has 0 aliphatic rings. The van der Waals surface area contributed by atoms with Crippen LogP contribution in [-0.2, 0) is 0 Å². The van der Waals surface area contributed by atoms with Crippen LogP contribution in [0.2, 0.25) is 0 Å². The van der Waals surface area contributed by atoms with E-state index in [1.54, 1.807) is 0 Å². The van der Waals surface area contributed by atoms with Gasteiger partial charge >= 0.3 is 0 Å². The summed E-state index contributed by atoms with van der Waals surface area (Å²) in [6, 6.07) is 14.8. The zero-order chi connectivity index (χ0) is 13.8. The van der Waals surface area contributed by atoms with Gasteiger partial charge in [0.15, 0.2) is 0 Å². The van der Waals surface area contributed by atoms with Gasteiger partial charge in [0, 0.05) is 12.6 Å². The van der Waals surface area contributed by atoms with Gasteiger partial charge in [-0.05, 0) is 35.2 Å². The molecule has 2 atom stereocenters. The number of fused-ring (bicyclic) bond motifs is 1. The van der Waals surface area contributed by atoms with Crippen LogP contribution >= 0.6 is 0 Å². The molecule has 2 N–H and O–H groups in total. The molecule has 0 fully saturated rings. The van der Waals surface area contributed by atoms with Crippen molar-refractivity contribution in [2.75, 3.05) is 6.54 Å². The van der Waals surface area contributed by atoms with E-state index in [1.165, 1.54) is 10.8 Å². The van der Waals surface area contributed by atoms with Crippen molar-refractivity contribution >= 4 is 10.8 Å². The van der Waals surface area contributed by atoms with Crippen molar-refractivity contribution in [3.05, 3.63) is 48.0 Å². The Kier molecular flexibility index (Phi) is 4.56. The molecule has 2 heteroatoms. The van der Waals surface area contributed by atoms with Gasteiger partial charge in [-0.25, -0.2) is 0 Å². The zero-order valence-corrected chi connectivity index (χ0v) is 11.9. The van der Waals surface area contributed by atoms with Crippen LogP contribution in [0.3, 0.4) is 0 Å². The predicted octanol–water partition coefficient (Wildman–Crippen LogP) is 3.51. The number of aliphatic hydroxyl groups is 1. The minimum atomic E-state index is -0.453. The molecular weight excluding hydrogens is 234 g/mol. The molecule has 0 aliphatic carbocycles. The van der Waals surface area contributed by atoms with Gasteiger partial charge in [0.05, 0.1) is 6.10 Å². The first kappa shape index (κ1) is 14.0. The summed E-state index contributed by atoms with van der Waals surface area (Å²) < 4.78 is 0. The van der Waals surface area contributed by atoms with Crippen molar-refractivity contribution < 1.29 is 5.11 Å². The summed E-state index contributed by atoms with van der Waals surface area (Å²) in [5.41, 5.74) is 0.974. The summed E-state index contributed by atoms with van der Waals surface area (Å²) in [6.45, 7) is 7.11. The van der Waals surface area contributed by atoms with E-state index in [-0.39, 0.29) is 0 Å². The average Bonchev–Trinajstić information content (AvgIpc) is 2.43. The number of benzene rings is 2. The quantitative estimate of drug-likeness (QED) is 0.859. The molecule has 2 unspecified atom stereocenters. The molecule has 2 aromatic rings. The Bertz CT molecular complexity index is 536. The fourth-order valence-electron chi connectivity index (χ4n) is 2.07. The lowest BCUT2D eigenvalue weighted by Gasteiger charge is -2.20. The highest BCUT2D eigenvalue weighted by molar-refractivity contribution is 5.83. The van der Waals surface area contributed by atoms with Gasteiger partial charge in [-0.2, -0.15) is 0 Å². The van der Waals surface area contributed by atoms with Crippen molar-refractivity contribution in [1.82, 2.24) is 5.32 Å².